The second kappa shape index (κ2) is 12.1. The zero-order valence-corrected chi connectivity index (χ0v) is 23.1. The lowest BCUT2D eigenvalue weighted by molar-refractivity contribution is -0.139. The van der Waals surface area contributed by atoms with Crippen LogP contribution in [0.3, 0.4) is 0 Å². The third-order valence-electron chi connectivity index (χ3n) is 5.93. The average molecular weight is 558 g/mol. The second-order valence-electron chi connectivity index (χ2n) is 8.03. The lowest BCUT2D eigenvalue weighted by atomic mass is 9.79. The molecule has 8 heteroatoms. The van der Waals surface area contributed by atoms with Gasteiger partial charge in [-0.1, -0.05) is 6.07 Å². The molecule has 0 saturated carbocycles. The maximum Gasteiger partial charge on any atom is 0.336 e. The Kier molecular flexibility index (Phi) is 9.20. The first-order chi connectivity index (χ1) is 17.3. The molecule has 7 nitrogen and oxygen atoms in total. The molecule has 1 aliphatic rings. The maximum absolute atomic E-state index is 13.4. The van der Waals surface area contributed by atoms with E-state index >= 15 is 0 Å². The Labute approximate surface area is 220 Å². The molecule has 0 amide bonds. The van der Waals surface area contributed by atoms with E-state index in [1.165, 1.54) is 0 Å². The molecule has 2 aromatic carbocycles. The van der Waals surface area contributed by atoms with Crippen LogP contribution in [-0.2, 0) is 19.1 Å². The summed E-state index contributed by atoms with van der Waals surface area (Å²) in [6.07, 6.45) is 0. The standard InChI is InChI=1S/C28H32BrNO6/c1-7-34-21-13-11-20(12-14-21)30-17(4)24(27(31)35-8-2)26(25(18(30)5)28(32)36-9-3)19-10-15-23(33-6)22(29)16-19/h10-16,26H,7-9H2,1-6H3. The Morgan fingerprint density at radius 1 is 0.861 bits per heavy atom. The predicted octanol–water partition coefficient (Wildman–Crippen LogP) is 6.13. The highest BCUT2D eigenvalue weighted by atomic mass is 79.9. The lowest BCUT2D eigenvalue weighted by Gasteiger charge is -2.38. The Bertz CT molecular complexity index is 1140. The molecule has 0 radical (unpaired) electrons. The van der Waals surface area contributed by atoms with E-state index in [1.54, 1.807) is 27.0 Å². The predicted molar refractivity (Wildman–Crippen MR) is 142 cm³/mol. The average Bonchev–Trinajstić information content (AvgIpc) is 2.85. The van der Waals surface area contributed by atoms with Crippen molar-refractivity contribution in [1.82, 2.24) is 0 Å². The summed E-state index contributed by atoms with van der Waals surface area (Å²) in [6.45, 7) is 10.1. The fraction of sp³-hybridized carbons (Fsp3) is 0.357. The van der Waals surface area contributed by atoms with Gasteiger partial charge < -0.3 is 23.8 Å². The maximum atomic E-state index is 13.4. The van der Waals surface area contributed by atoms with E-state index in [0.717, 1.165) is 17.0 Å². The zero-order valence-electron chi connectivity index (χ0n) is 21.5. The molecule has 2 aromatic rings. The fourth-order valence-electron chi connectivity index (χ4n) is 4.44. The van der Waals surface area contributed by atoms with Crippen molar-refractivity contribution in [3.8, 4) is 11.5 Å². The summed E-state index contributed by atoms with van der Waals surface area (Å²) < 4.78 is 22.6. The van der Waals surface area contributed by atoms with Gasteiger partial charge in [-0.15, -0.1) is 0 Å². The molecule has 0 saturated heterocycles. The van der Waals surface area contributed by atoms with Gasteiger partial charge in [0.1, 0.15) is 11.5 Å². The second-order valence-corrected chi connectivity index (χ2v) is 8.88. The highest BCUT2D eigenvalue weighted by Gasteiger charge is 2.41. The first-order valence-corrected chi connectivity index (χ1v) is 12.7. The normalized spacial score (nSPS) is 14.1. The van der Waals surface area contributed by atoms with Gasteiger partial charge >= 0.3 is 11.9 Å². The lowest BCUT2D eigenvalue weighted by Crippen LogP contribution is -2.35. The van der Waals surface area contributed by atoms with Gasteiger partial charge in [-0.05, 0) is 92.5 Å². The van der Waals surface area contributed by atoms with Crippen molar-refractivity contribution in [2.75, 3.05) is 31.8 Å². The molecule has 0 N–H and O–H groups in total. The largest absolute Gasteiger partial charge is 0.496 e. The molecule has 0 aliphatic carbocycles. The smallest absolute Gasteiger partial charge is 0.336 e. The van der Waals surface area contributed by atoms with Crippen molar-refractivity contribution in [2.24, 2.45) is 0 Å². The summed E-state index contributed by atoms with van der Waals surface area (Å²) in [5, 5.41) is 0. The number of halogens is 1. The van der Waals surface area contributed by atoms with Crippen molar-refractivity contribution in [2.45, 2.75) is 40.5 Å². The van der Waals surface area contributed by atoms with Crippen LogP contribution in [0, 0.1) is 0 Å². The number of nitrogens with zero attached hydrogens (tertiary/aromatic N) is 1. The van der Waals surface area contributed by atoms with Crippen molar-refractivity contribution in [3.63, 3.8) is 0 Å². The minimum atomic E-state index is -0.691. The number of esters is 2. The van der Waals surface area contributed by atoms with Crippen molar-refractivity contribution in [1.29, 1.82) is 0 Å². The summed E-state index contributed by atoms with van der Waals surface area (Å²) >= 11 is 3.54. The van der Waals surface area contributed by atoms with Gasteiger partial charge in [-0.2, -0.15) is 0 Å². The van der Waals surface area contributed by atoms with Crippen LogP contribution in [0.25, 0.3) is 0 Å². The summed E-state index contributed by atoms with van der Waals surface area (Å²) in [6, 6.07) is 13.0. The number of methoxy groups -OCH3 is 1. The minimum Gasteiger partial charge on any atom is -0.496 e. The Morgan fingerprint density at radius 3 is 1.86 bits per heavy atom. The zero-order chi connectivity index (χ0) is 26.4. The molecular formula is C28H32BrNO6. The van der Waals surface area contributed by atoms with Crippen LogP contribution >= 0.6 is 15.9 Å². The molecule has 0 aromatic heterocycles. The first kappa shape index (κ1) is 27.3. The van der Waals surface area contributed by atoms with E-state index < -0.39 is 17.9 Å². The summed E-state index contributed by atoms with van der Waals surface area (Å²) in [5.41, 5.74) is 3.60. The van der Waals surface area contributed by atoms with Gasteiger partial charge in [0.15, 0.2) is 0 Å². The molecule has 1 aliphatic heterocycles. The third-order valence-corrected chi connectivity index (χ3v) is 6.55. The van der Waals surface area contributed by atoms with Gasteiger partial charge in [0, 0.05) is 17.1 Å². The number of rotatable bonds is 9. The van der Waals surface area contributed by atoms with Crippen LogP contribution in [0.5, 0.6) is 11.5 Å². The number of ether oxygens (including phenoxy) is 4. The van der Waals surface area contributed by atoms with Crippen LogP contribution in [0.1, 0.15) is 46.1 Å². The summed E-state index contributed by atoms with van der Waals surface area (Å²) in [4.78, 5) is 28.7. The Balaban J connectivity index is 2.29. The minimum absolute atomic E-state index is 0.204. The van der Waals surface area contributed by atoms with Crippen molar-refractivity contribution < 1.29 is 28.5 Å². The number of hydrogen-bond acceptors (Lipinski definition) is 7. The quantitative estimate of drug-likeness (QED) is 0.343. The number of carbonyl (C=O) groups excluding carboxylic acids is 2. The first-order valence-electron chi connectivity index (χ1n) is 11.9. The summed E-state index contributed by atoms with van der Waals surface area (Å²) in [5.74, 6) is -0.292. The number of benzene rings is 2. The number of allylic oxidation sites excluding steroid dienone is 2. The molecule has 0 fully saturated rings. The molecule has 0 spiro atoms. The SMILES string of the molecule is CCOC(=O)C1=C(C)N(c2ccc(OCC)cc2)C(C)=C(C(=O)OCC)C1c1ccc(OC)c(Br)c1. The van der Waals surface area contributed by atoms with Crippen LogP contribution in [0.4, 0.5) is 5.69 Å². The summed E-state index contributed by atoms with van der Waals surface area (Å²) in [7, 11) is 1.58. The van der Waals surface area contributed by atoms with Gasteiger partial charge in [0.05, 0.1) is 48.5 Å². The van der Waals surface area contributed by atoms with E-state index in [0.29, 0.717) is 39.4 Å². The van der Waals surface area contributed by atoms with Gasteiger partial charge in [-0.3, -0.25) is 0 Å². The molecule has 0 atom stereocenters. The van der Waals surface area contributed by atoms with Crippen LogP contribution in [0.15, 0.2) is 69.5 Å². The van der Waals surface area contributed by atoms with Crippen LogP contribution in [-0.4, -0.2) is 38.9 Å². The van der Waals surface area contributed by atoms with E-state index in [-0.39, 0.29) is 13.2 Å². The van der Waals surface area contributed by atoms with Crippen LogP contribution < -0.4 is 14.4 Å². The van der Waals surface area contributed by atoms with E-state index in [2.05, 4.69) is 15.9 Å². The van der Waals surface area contributed by atoms with Crippen molar-refractivity contribution in [3.05, 3.63) is 75.0 Å². The van der Waals surface area contributed by atoms with Crippen molar-refractivity contribution >= 4 is 33.6 Å². The van der Waals surface area contributed by atoms with Gasteiger partial charge in [0.2, 0.25) is 0 Å². The number of anilines is 1. The third kappa shape index (κ3) is 5.43. The van der Waals surface area contributed by atoms with E-state index in [4.69, 9.17) is 18.9 Å². The van der Waals surface area contributed by atoms with Crippen LogP contribution in [0.2, 0.25) is 0 Å². The van der Waals surface area contributed by atoms with E-state index in [1.807, 2.05) is 62.1 Å². The van der Waals surface area contributed by atoms with Gasteiger partial charge in [-0.25, -0.2) is 9.59 Å². The fourth-order valence-corrected chi connectivity index (χ4v) is 5.00. The molecule has 3 rings (SSSR count). The van der Waals surface area contributed by atoms with Gasteiger partial charge in [0.25, 0.3) is 0 Å². The molecule has 36 heavy (non-hydrogen) atoms. The molecule has 1 heterocycles. The highest BCUT2D eigenvalue weighted by Crippen LogP contribution is 2.46. The monoisotopic (exact) mass is 557 g/mol. The Hall–Kier alpha value is -3.26. The van der Waals surface area contributed by atoms with E-state index in [9.17, 15) is 9.59 Å². The molecular weight excluding hydrogens is 526 g/mol. The highest BCUT2D eigenvalue weighted by molar-refractivity contribution is 9.10. The molecule has 0 unspecified atom stereocenters. The number of carbonyl (C=O) groups is 2. The number of hydrogen-bond donors (Lipinski definition) is 0. The molecule has 0 bridgehead atoms. The Morgan fingerprint density at radius 2 is 1.42 bits per heavy atom. The molecule has 192 valence electrons. The topological polar surface area (TPSA) is 74.3 Å².